The zero-order valence-electron chi connectivity index (χ0n) is 15.8. The van der Waals surface area contributed by atoms with Crippen LogP contribution in [0.2, 0.25) is 0 Å². The van der Waals surface area contributed by atoms with E-state index in [1.807, 2.05) is 24.3 Å². The molecule has 0 aromatic heterocycles. The number of hydrogen-bond acceptors (Lipinski definition) is 3. The van der Waals surface area contributed by atoms with Crippen molar-refractivity contribution in [3.8, 4) is 0 Å². The molecule has 144 valence electrons. The van der Waals surface area contributed by atoms with Gasteiger partial charge in [0.25, 0.3) is 5.91 Å². The maximum Gasteiger partial charge on any atom is 0.328 e. The maximum absolute atomic E-state index is 13.3. The van der Waals surface area contributed by atoms with Crippen LogP contribution in [0.4, 0.5) is 8.78 Å². The maximum atomic E-state index is 13.3. The lowest BCUT2D eigenvalue weighted by Gasteiger charge is -2.20. The van der Waals surface area contributed by atoms with Crippen LogP contribution in [-0.4, -0.2) is 25.0 Å². The molecule has 0 saturated heterocycles. The van der Waals surface area contributed by atoms with Crippen LogP contribution < -0.4 is 5.32 Å². The SMILES string of the molecule is COC(=O)[C@H](Cc1ccc(C(C)(C)C)cc1)NC(=O)c1ccc(F)c(F)c1. The van der Waals surface area contributed by atoms with Crippen molar-refractivity contribution < 1.29 is 23.1 Å². The fourth-order valence-electron chi connectivity index (χ4n) is 2.59. The average molecular weight is 375 g/mol. The van der Waals surface area contributed by atoms with E-state index in [0.717, 1.165) is 29.3 Å². The minimum atomic E-state index is -1.13. The van der Waals surface area contributed by atoms with E-state index in [-0.39, 0.29) is 17.4 Å². The number of amides is 1. The Kier molecular flexibility index (Phi) is 6.31. The molecule has 4 nitrogen and oxygen atoms in total. The van der Waals surface area contributed by atoms with E-state index in [2.05, 4.69) is 26.1 Å². The Morgan fingerprint density at radius 1 is 1.04 bits per heavy atom. The lowest BCUT2D eigenvalue weighted by Crippen LogP contribution is -2.43. The monoisotopic (exact) mass is 375 g/mol. The van der Waals surface area contributed by atoms with Gasteiger partial charge in [-0.25, -0.2) is 13.6 Å². The van der Waals surface area contributed by atoms with Gasteiger partial charge in [0, 0.05) is 12.0 Å². The third-order valence-corrected chi connectivity index (χ3v) is 4.23. The van der Waals surface area contributed by atoms with Gasteiger partial charge in [-0.2, -0.15) is 0 Å². The average Bonchev–Trinajstić information content (AvgIpc) is 2.62. The highest BCUT2D eigenvalue weighted by Gasteiger charge is 2.23. The van der Waals surface area contributed by atoms with Gasteiger partial charge < -0.3 is 10.1 Å². The molecule has 0 aliphatic heterocycles. The van der Waals surface area contributed by atoms with Crippen molar-refractivity contribution in [2.75, 3.05) is 7.11 Å². The van der Waals surface area contributed by atoms with Crippen molar-refractivity contribution in [2.24, 2.45) is 0 Å². The molecule has 6 heteroatoms. The van der Waals surface area contributed by atoms with Gasteiger partial charge in [0.15, 0.2) is 11.6 Å². The topological polar surface area (TPSA) is 55.4 Å². The van der Waals surface area contributed by atoms with Crippen LogP contribution in [0.5, 0.6) is 0 Å². The number of nitrogens with one attached hydrogen (secondary N) is 1. The summed E-state index contributed by atoms with van der Waals surface area (Å²) in [4.78, 5) is 24.4. The molecule has 0 radical (unpaired) electrons. The van der Waals surface area contributed by atoms with Gasteiger partial charge in [0.2, 0.25) is 0 Å². The minimum absolute atomic E-state index is 0.00114. The molecule has 0 heterocycles. The Labute approximate surface area is 157 Å². The number of methoxy groups -OCH3 is 1. The standard InChI is InChI=1S/C21H23F2NO3/c1-21(2,3)15-8-5-13(6-9-15)11-18(20(26)27-4)24-19(25)14-7-10-16(22)17(23)12-14/h5-10,12,18H,11H2,1-4H3,(H,24,25)/t18-/m0/s1. The van der Waals surface area contributed by atoms with Crippen molar-refractivity contribution >= 4 is 11.9 Å². The van der Waals surface area contributed by atoms with Gasteiger partial charge in [0.1, 0.15) is 6.04 Å². The highest BCUT2D eigenvalue weighted by Crippen LogP contribution is 2.22. The second-order valence-electron chi connectivity index (χ2n) is 7.33. The Bertz CT molecular complexity index is 826. The van der Waals surface area contributed by atoms with Crippen molar-refractivity contribution in [1.29, 1.82) is 0 Å². The molecule has 2 rings (SSSR count). The molecular weight excluding hydrogens is 352 g/mol. The fraction of sp³-hybridized carbons (Fsp3) is 0.333. The highest BCUT2D eigenvalue weighted by molar-refractivity contribution is 5.96. The van der Waals surface area contributed by atoms with E-state index in [4.69, 9.17) is 4.74 Å². The molecule has 0 fully saturated rings. The number of hydrogen-bond donors (Lipinski definition) is 1. The number of halogens is 2. The van der Waals surface area contributed by atoms with E-state index in [9.17, 15) is 18.4 Å². The van der Waals surface area contributed by atoms with Crippen LogP contribution in [0.1, 0.15) is 42.3 Å². The van der Waals surface area contributed by atoms with Crippen LogP contribution in [0, 0.1) is 11.6 Å². The zero-order chi connectivity index (χ0) is 20.2. The highest BCUT2D eigenvalue weighted by atomic mass is 19.2. The predicted octanol–water partition coefficient (Wildman–Crippen LogP) is 3.78. The second kappa shape index (κ2) is 8.29. The molecule has 0 spiro atoms. The lowest BCUT2D eigenvalue weighted by atomic mass is 9.86. The third kappa shape index (κ3) is 5.36. The molecule has 0 aliphatic rings. The molecule has 2 aromatic rings. The second-order valence-corrected chi connectivity index (χ2v) is 7.33. The third-order valence-electron chi connectivity index (χ3n) is 4.23. The van der Waals surface area contributed by atoms with Gasteiger partial charge in [-0.05, 0) is 34.7 Å². The first-order valence-corrected chi connectivity index (χ1v) is 8.55. The van der Waals surface area contributed by atoms with E-state index in [0.29, 0.717) is 0 Å². The van der Waals surface area contributed by atoms with Crippen LogP contribution in [0.3, 0.4) is 0 Å². The first-order valence-electron chi connectivity index (χ1n) is 8.55. The number of ether oxygens (including phenoxy) is 1. The smallest absolute Gasteiger partial charge is 0.328 e. The molecule has 2 aromatic carbocycles. The summed E-state index contributed by atoms with van der Waals surface area (Å²) in [6.45, 7) is 6.30. The van der Waals surface area contributed by atoms with Crippen molar-refractivity contribution in [1.82, 2.24) is 5.32 Å². The number of rotatable bonds is 5. The van der Waals surface area contributed by atoms with Gasteiger partial charge in [0.05, 0.1) is 7.11 Å². The minimum Gasteiger partial charge on any atom is -0.467 e. The lowest BCUT2D eigenvalue weighted by molar-refractivity contribution is -0.142. The molecule has 0 bridgehead atoms. The summed E-state index contributed by atoms with van der Waals surface area (Å²) in [7, 11) is 1.22. The zero-order valence-corrected chi connectivity index (χ0v) is 15.8. The first-order chi connectivity index (χ1) is 12.6. The summed E-state index contributed by atoms with van der Waals surface area (Å²) < 4.78 is 31.1. The Balaban J connectivity index is 2.16. The molecule has 0 saturated carbocycles. The van der Waals surface area contributed by atoms with Crippen molar-refractivity contribution in [2.45, 2.75) is 38.6 Å². The van der Waals surface area contributed by atoms with E-state index < -0.39 is 29.6 Å². The molecular formula is C21H23F2NO3. The van der Waals surface area contributed by atoms with Crippen molar-refractivity contribution in [3.05, 3.63) is 70.8 Å². The largest absolute Gasteiger partial charge is 0.467 e. The molecule has 27 heavy (non-hydrogen) atoms. The van der Waals surface area contributed by atoms with Gasteiger partial charge in [-0.1, -0.05) is 45.0 Å². The van der Waals surface area contributed by atoms with E-state index in [1.54, 1.807) is 0 Å². The summed E-state index contributed by atoms with van der Waals surface area (Å²) >= 11 is 0. The summed E-state index contributed by atoms with van der Waals surface area (Å²) in [6.07, 6.45) is 0.215. The quantitative estimate of drug-likeness (QED) is 0.810. The molecule has 0 unspecified atom stereocenters. The number of benzene rings is 2. The summed E-state index contributed by atoms with van der Waals surface area (Å²) in [5.74, 6) is -3.48. The Morgan fingerprint density at radius 3 is 2.19 bits per heavy atom. The molecule has 0 aliphatic carbocycles. The first kappa shape index (κ1) is 20.6. The summed E-state index contributed by atoms with van der Waals surface area (Å²) in [5, 5.41) is 2.52. The van der Waals surface area contributed by atoms with Crippen LogP contribution in [-0.2, 0) is 21.4 Å². The van der Waals surface area contributed by atoms with Crippen molar-refractivity contribution in [3.63, 3.8) is 0 Å². The predicted molar refractivity (Wildman–Crippen MR) is 98.5 cm³/mol. The summed E-state index contributed by atoms with van der Waals surface area (Å²) in [5.41, 5.74) is 1.91. The fourth-order valence-corrected chi connectivity index (χ4v) is 2.59. The Morgan fingerprint density at radius 2 is 1.67 bits per heavy atom. The number of carbonyl (C=O) groups is 2. The van der Waals surface area contributed by atoms with E-state index >= 15 is 0 Å². The van der Waals surface area contributed by atoms with Crippen LogP contribution in [0.15, 0.2) is 42.5 Å². The summed E-state index contributed by atoms with van der Waals surface area (Å²) in [6, 6.07) is 9.58. The molecule has 1 atom stereocenters. The van der Waals surface area contributed by atoms with Crippen LogP contribution in [0.25, 0.3) is 0 Å². The van der Waals surface area contributed by atoms with Crippen LogP contribution >= 0.6 is 0 Å². The van der Waals surface area contributed by atoms with Gasteiger partial charge in [-0.3, -0.25) is 4.79 Å². The number of carbonyl (C=O) groups excluding carboxylic acids is 2. The van der Waals surface area contributed by atoms with E-state index in [1.165, 1.54) is 7.11 Å². The van der Waals surface area contributed by atoms with Gasteiger partial charge in [-0.15, -0.1) is 0 Å². The Hall–Kier alpha value is -2.76. The molecule has 1 amide bonds. The normalized spacial score (nSPS) is 12.4. The number of esters is 1. The molecule has 1 N–H and O–H groups in total. The van der Waals surface area contributed by atoms with Gasteiger partial charge >= 0.3 is 5.97 Å².